The van der Waals surface area contributed by atoms with Crippen LogP contribution >= 0.6 is 27.5 Å². The lowest BCUT2D eigenvalue weighted by Gasteiger charge is -2.33. The summed E-state index contributed by atoms with van der Waals surface area (Å²) in [6, 6.07) is 6.85. The van der Waals surface area contributed by atoms with E-state index in [1.807, 2.05) is 6.07 Å². The molecule has 0 aliphatic carbocycles. The van der Waals surface area contributed by atoms with Gasteiger partial charge in [-0.2, -0.15) is 0 Å². The quantitative estimate of drug-likeness (QED) is 0.779. The van der Waals surface area contributed by atoms with Crippen LogP contribution in [-0.2, 0) is 6.54 Å². The minimum absolute atomic E-state index is 0.688. The third-order valence-electron chi connectivity index (χ3n) is 3.33. The zero-order valence-electron chi connectivity index (χ0n) is 9.55. The molecule has 1 aromatic carbocycles. The normalized spacial score (nSPS) is 22.3. The van der Waals surface area contributed by atoms with E-state index in [9.17, 15) is 0 Å². The Labute approximate surface area is 111 Å². The lowest BCUT2D eigenvalue weighted by molar-refractivity contribution is 0.152. The Balaban J connectivity index is 2.07. The van der Waals surface area contributed by atoms with Gasteiger partial charge < -0.3 is 0 Å². The van der Waals surface area contributed by atoms with E-state index in [0.29, 0.717) is 6.04 Å². The maximum Gasteiger partial charge on any atom is 0.0462 e. The smallest absolute Gasteiger partial charge is 0.0462 e. The number of rotatable bonds is 2. The molecule has 1 saturated heterocycles. The van der Waals surface area contributed by atoms with Crippen LogP contribution in [0, 0.1) is 0 Å². The van der Waals surface area contributed by atoms with Crippen molar-refractivity contribution >= 4 is 27.5 Å². The number of benzene rings is 1. The molecule has 1 aliphatic heterocycles. The lowest BCUT2D eigenvalue weighted by atomic mass is 10.0. The first kappa shape index (κ1) is 12.4. The van der Waals surface area contributed by atoms with E-state index in [4.69, 9.17) is 11.6 Å². The molecule has 0 saturated carbocycles. The van der Waals surface area contributed by atoms with Gasteiger partial charge in [-0.05, 0) is 44.0 Å². The highest BCUT2D eigenvalue weighted by atomic mass is 79.9. The number of likely N-dealkylation sites (tertiary alicyclic amines) is 1. The second-order valence-corrected chi connectivity index (χ2v) is 5.87. The molecule has 1 fully saturated rings. The Morgan fingerprint density at radius 2 is 2.25 bits per heavy atom. The first-order valence-electron chi connectivity index (χ1n) is 5.85. The molecule has 88 valence electrons. The number of halogens is 2. The fourth-order valence-corrected chi connectivity index (χ4v) is 2.99. The highest BCUT2D eigenvalue weighted by Gasteiger charge is 2.18. The molecule has 1 aliphatic rings. The molecular formula is C13H17BrClN. The molecule has 1 aromatic rings. The van der Waals surface area contributed by atoms with Gasteiger partial charge in [0.15, 0.2) is 0 Å². The zero-order chi connectivity index (χ0) is 11.5. The van der Waals surface area contributed by atoms with Crippen LogP contribution in [0.15, 0.2) is 22.7 Å². The Bertz CT molecular complexity index is 367. The van der Waals surface area contributed by atoms with Crippen molar-refractivity contribution in [3.8, 4) is 0 Å². The van der Waals surface area contributed by atoms with Crippen molar-refractivity contribution in [2.75, 3.05) is 6.54 Å². The summed E-state index contributed by atoms with van der Waals surface area (Å²) in [7, 11) is 0. The van der Waals surface area contributed by atoms with Gasteiger partial charge in [-0.3, -0.25) is 4.90 Å². The van der Waals surface area contributed by atoms with E-state index in [2.05, 4.69) is 39.9 Å². The zero-order valence-corrected chi connectivity index (χ0v) is 11.9. The fraction of sp³-hybridized carbons (Fsp3) is 0.538. The minimum Gasteiger partial charge on any atom is -0.296 e. The summed E-state index contributed by atoms with van der Waals surface area (Å²) < 4.78 is 1.05. The molecule has 0 aromatic heterocycles. The number of nitrogens with zero attached hydrogens (tertiary/aromatic N) is 1. The summed E-state index contributed by atoms with van der Waals surface area (Å²) in [5, 5.41) is 0.868. The molecule has 0 bridgehead atoms. The summed E-state index contributed by atoms with van der Waals surface area (Å²) in [6.07, 6.45) is 4.00. The van der Waals surface area contributed by atoms with Crippen LogP contribution in [0.2, 0.25) is 5.02 Å². The van der Waals surface area contributed by atoms with Gasteiger partial charge in [0.05, 0.1) is 0 Å². The Kier molecular flexibility index (Phi) is 4.28. The Hall–Kier alpha value is -0.0500. The molecular weight excluding hydrogens is 286 g/mol. The number of hydrogen-bond acceptors (Lipinski definition) is 1. The second kappa shape index (κ2) is 5.52. The lowest BCUT2D eigenvalue weighted by Crippen LogP contribution is -2.36. The van der Waals surface area contributed by atoms with Crippen molar-refractivity contribution in [1.82, 2.24) is 4.90 Å². The van der Waals surface area contributed by atoms with E-state index in [-0.39, 0.29) is 0 Å². The Morgan fingerprint density at radius 1 is 1.44 bits per heavy atom. The maximum atomic E-state index is 6.24. The predicted octanol–water partition coefficient (Wildman–Crippen LogP) is 4.48. The van der Waals surface area contributed by atoms with Crippen molar-refractivity contribution < 1.29 is 0 Å². The molecule has 3 heteroatoms. The molecule has 1 atom stereocenters. The number of piperidine rings is 1. The second-order valence-electron chi connectivity index (χ2n) is 4.55. The first-order valence-corrected chi connectivity index (χ1v) is 7.02. The SMILES string of the molecule is CC1CCCCN1Cc1ccc(Br)cc1Cl. The summed E-state index contributed by atoms with van der Waals surface area (Å²) in [4.78, 5) is 2.53. The van der Waals surface area contributed by atoms with Crippen molar-refractivity contribution in [2.24, 2.45) is 0 Å². The van der Waals surface area contributed by atoms with Crippen LogP contribution in [0.5, 0.6) is 0 Å². The summed E-state index contributed by atoms with van der Waals surface area (Å²) >= 11 is 9.68. The molecule has 1 heterocycles. The van der Waals surface area contributed by atoms with Crippen LogP contribution in [0.25, 0.3) is 0 Å². The summed E-state index contributed by atoms with van der Waals surface area (Å²) in [5.41, 5.74) is 1.23. The maximum absolute atomic E-state index is 6.24. The van der Waals surface area contributed by atoms with Gasteiger partial charge in [-0.15, -0.1) is 0 Å². The van der Waals surface area contributed by atoms with Crippen LogP contribution in [0.4, 0.5) is 0 Å². The minimum atomic E-state index is 0.688. The van der Waals surface area contributed by atoms with Gasteiger partial charge in [0.2, 0.25) is 0 Å². The first-order chi connectivity index (χ1) is 7.66. The predicted molar refractivity (Wildman–Crippen MR) is 72.9 cm³/mol. The largest absolute Gasteiger partial charge is 0.296 e. The molecule has 2 rings (SSSR count). The average Bonchev–Trinajstić information content (AvgIpc) is 2.25. The van der Waals surface area contributed by atoms with Crippen LogP contribution in [-0.4, -0.2) is 17.5 Å². The third kappa shape index (κ3) is 2.99. The molecule has 16 heavy (non-hydrogen) atoms. The molecule has 1 nitrogen and oxygen atoms in total. The van der Waals surface area contributed by atoms with Crippen molar-refractivity contribution in [2.45, 2.75) is 38.8 Å². The van der Waals surface area contributed by atoms with Crippen LogP contribution < -0.4 is 0 Å². The van der Waals surface area contributed by atoms with Crippen molar-refractivity contribution in [1.29, 1.82) is 0 Å². The molecule has 0 amide bonds. The van der Waals surface area contributed by atoms with Crippen LogP contribution in [0.3, 0.4) is 0 Å². The highest BCUT2D eigenvalue weighted by molar-refractivity contribution is 9.10. The number of hydrogen-bond donors (Lipinski definition) is 0. The van der Waals surface area contributed by atoms with E-state index >= 15 is 0 Å². The molecule has 0 radical (unpaired) electrons. The summed E-state index contributed by atoms with van der Waals surface area (Å²) in [6.45, 7) is 4.49. The van der Waals surface area contributed by atoms with Crippen LogP contribution in [0.1, 0.15) is 31.7 Å². The monoisotopic (exact) mass is 301 g/mol. The summed E-state index contributed by atoms with van der Waals surface area (Å²) in [5.74, 6) is 0. The fourth-order valence-electron chi connectivity index (χ4n) is 2.26. The van der Waals surface area contributed by atoms with Gasteiger partial charge in [-0.1, -0.05) is 40.0 Å². The van der Waals surface area contributed by atoms with Gasteiger partial charge in [-0.25, -0.2) is 0 Å². The molecule has 0 spiro atoms. The third-order valence-corrected chi connectivity index (χ3v) is 4.17. The van der Waals surface area contributed by atoms with Gasteiger partial charge >= 0.3 is 0 Å². The van der Waals surface area contributed by atoms with Gasteiger partial charge in [0.1, 0.15) is 0 Å². The van der Waals surface area contributed by atoms with Gasteiger partial charge in [0.25, 0.3) is 0 Å². The van der Waals surface area contributed by atoms with E-state index < -0.39 is 0 Å². The topological polar surface area (TPSA) is 3.24 Å². The molecule has 0 N–H and O–H groups in total. The standard InChI is InChI=1S/C13H17BrClN/c1-10-4-2-3-7-16(10)9-11-5-6-12(14)8-13(11)15/h5-6,8,10H,2-4,7,9H2,1H3. The van der Waals surface area contributed by atoms with E-state index in [1.165, 1.54) is 31.4 Å². The van der Waals surface area contributed by atoms with E-state index in [1.54, 1.807) is 0 Å². The van der Waals surface area contributed by atoms with E-state index in [0.717, 1.165) is 16.0 Å². The Morgan fingerprint density at radius 3 is 2.94 bits per heavy atom. The average molecular weight is 303 g/mol. The van der Waals surface area contributed by atoms with Gasteiger partial charge in [0, 0.05) is 22.1 Å². The van der Waals surface area contributed by atoms with Crippen molar-refractivity contribution in [3.63, 3.8) is 0 Å². The molecule has 1 unspecified atom stereocenters. The highest BCUT2D eigenvalue weighted by Crippen LogP contribution is 2.25. The van der Waals surface area contributed by atoms with Crippen molar-refractivity contribution in [3.05, 3.63) is 33.3 Å².